The second-order valence-electron chi connectivity index (χ2n) is 4.70. The van der Waals surface area contributed by atoms with Gasteiger partial charge in [0.1, 0.15) is 4.90 Å². The van der Waals surface area contributed by atoms with Crippen molar-refractivity contribution in [2.45, 2.75) is 30.9 Å². The van der Waals surface area contributed by atoms with Crippen LogP contribution in [0.3, 0.4) is 0 Å². The Morgan fingerprint density at radius 2 is 2.42 bits per heavy atom. The number of aromatic nitrogens is 2. The van der Waals surface area contributed by atoms with Gasteiger partial charge in [-0.3, -0.25) is 4.68 Å². The third kappa shape index (κ3) is 3.53. The molecule has 108 valence electrons. The predicted octanol–water partition coefficient (Wildman–Crippen LogP) is -0.455. The molecule has 0 bridgehead atoms. The molecule has 3 N–H and O–H groups in total. The summed E-state index contributed by atoms with van der Waals surface area (Å²) < 4.78 is 33.7. The molecule has 0 amide bonds. The zero-order chi connectivity index (χ0) is 13.9. The van der Waals surface area contributed by atoms with Crippen LogP contribution in [-0.4, -0.2) is 44.0 Å². The van der Waals surface area contributed by atoms with E-state index in [9.17, 15) is 8.42 Å². The lowest BCUT2D eigenvalue weighted by molar-refractivity contribution is 0.107. The van der Waals surface area contributed by atoms with Gasteiger partial charge in [0.15, 0.2) is 0 Å². The molecule has 1 saturated heterocycles. The molecular formula is C11H20N4O3S. The van der Waals surface area contributed by atoms with Gasteiger partial charge in [0.05, 0.1) is 18.8 Å². The van der Waals surface area contributed by atoms with E-state index in [1.807, 2.05) is 6.92 Å². The molecule has 1 aromatic heterocycles. The minimum atomic E-state index is -3.50. The third-order valence-electron chi connectivity index (χ3n) is 3.35. The van der Waals surface area contributed by atoms with Gasteiger partial charge >= 0.3 is 0 Å². The van der Waals surface area contributed by atoms with Gasteiger partial charge in [-0.2, -0.15) is 5.10 Å². The largest absolute Gasteiger partial charge is 0.378 e. The average Bonchev–Trinajstić information content (AvgIpc) is 2.97. The fraction of sp³-hybridized carbons (Fsp3) is 0.727. The van der Waals surface area contributed by atoms with Gasteiger partial charge in [-0.15, -0.1) is 0 Å². The summed E-state index contributed by atoms with van der Waals surface area (Å²) in [5.74, 6) is 0.230. The fourth-order valence-corrected chi connectivity index (χ4v) is 3.13. The second-order valence-corrected chi connectivity index (χ2v) is 6.47. The highest BCUT2D eigenvalue weighted by Crippen LogP contribution is 2.20. The van der Waals surface area contributed by atoms with Gasteiger partial charge in [-0.1, -0.05) is 0 Å². The zero-order valence-electron chi connectivity index (χ0n) is 10.9. The van der Waals surface area contributed by atoms with E-state index in [1.165, 1.54) is 17.1 Å². The summed E-state index contributed by atoms with van der Waals surface area (Å²) in [6.07, 6.45) is 3.81. The van der Waals surface area contributed by atoms with Crippen LogP contribution in [0.4, 0.5) is 0 Å². The Hall–Kier alpha value is -0.960. The molecule has 1 aromatic rings. The lowest BCUT2D eigenvalue weighted by Crippen LogP contribution is -2.31. The highest BCUT2D eigenvalue weighted by molar-refractivity contribution is 7.89. The van der Waals surface area contributed by atoms with E-state index in [4.69, 9.17) is 10.5 Å². The van der Waals surface area contributed by atoms with E-state index < -0.39 is 10.0 Å². The first-order chi connectivity index (χ1) is 9.03. The molecule has 2 atom stereocenters. The van der Waals surface area contributed by atoms with Crippen LogP contribution in [-0.2, 0) is 21.3 Å². The standard InChI is InChI=1S/C11H20N4O3S/c1-9-10(2-5-18-9)6-14-19(16,17)11-7-13-15(8-11)4-3-12/h7-10,14H,2-6,12H2,1H3. The van der Waals surface area contributed by atoms with Crippen molar-refractivity contribution in [1.29, 1.82) is 0 Å². The number of nitrogens with two attached hydrogens (primary N) is 1. The summed E-state index contributed by atoms with van der Waals surface area (Å²) in [6, 6.07) is 0. The molecule has 0 spiro atoms. The van der Waals surface area contributed by atoms with Crippen LogP contribution in [0.5, 0.6) is 0 Å². The molecule has 2 rings (SSSR count). The Morgan fingerprint density at radius 3 is 3.05 bits per heavy atom. The van der Waals surface area contributed by atoms with Crippen molar-refractivity contribution >= 4 is 10.0 Å². The first-order valence-corrected chi connectivity index (χ1v) is 7.85. The monoisotopic (exact) mass is 288 g/mol. The Labute approximate surface area is 113 Å². The summed E-state index contributed by atoms with van der Waals surface area (Å²) in [7, 11) is -3.50. The van der Waals surface area contributed by atoms with Crippen LogP contribution in [0.15, 0.2) is 17.3 Å². The molecule has 0 aliphatic carbocycles. The van der Waals surface area contributed by atoms with Crippen LogP contribution >= 0.6 is 0 Å². The molecule has 0 radical (unpaired) electrons. The van der Waals surface area contributed by atoms with E-state index in [1.54, 1.807) is 0 Å². The second kappa shape index (κ2) is 6.00. The normalized spacial score (nSPS) is 23.9. The SMILES string of the molecule is CC1OCCC1CNS(=O)(=O)c1cnn(CCN)c1. The number of hydrogen-bond acceptors (Lipinski definition) is 5. The molecule has 1 fully saturated rings. The smallest absolute Gasteiger partial charge is 0.243 e. The van der Waals surface area contributed by atoms with E-state index in [2.05, 4.69) is 9.82 Å². The quantitative estimate of drug-likeness (QED) is 0.738. The number of ether oxygens (including phenoxy) is 1. The third-order valence-corrected chi connectivity index (χ3v) is 4.72. The maximum Gasteiger partial charge on any atom is 0.243 e. The Bertz CT molecular complexity index is 514. The van der Waals surface area contributed by atoms with Crippen LogP contribution in [0.1, 0.15) is 13.3 Å². The first-order valence-electron chi connectivity index (χ1n) is 6.36. The number of rotatable bonds is 6. The molecule has 2 unspecified atom stereocenters. The molecule has 1 aliphatic rings. The minimum absolute atomic E-state index is 0.0997. The predicted molar refractivity (Wildman–Crippen MR) is 70.0 cm³/mol. The molecule has 0 saturated carbocycles. The Balaban J connectivity index is 1.97. The highest BCUT2D eigenvalue weighted by Gasteiger charge is 2.26. The lowest BCUT2D eigenvalue weighted by Gasteiger charge is -2.14. The maximum atomic E-state index is 12.1. The fourth-order valence-electron chi connectivity index (χ4n) is 2.08. The average molecular weight is 288 g/mol. The van der Waals surface area contributed by atoms with Crippen LogP contribution in [0, 0.1) is 5.92 Å². The van der Waals surface area contributed by atoms with Crippen molar-refractivity contribution in [3.8, 4) is 0 Å². The molecule has 0 aromatic carbocycles. The van der Waals surface area contributed by atoms with Crippen LogP contribution < -0.4 is 10.5 Å². The van der Waals surface area contributed by atoms with Crippen molar-refractivity contribution in [1.82, 2.24) is 14.5 Å². The topological polar surface area (TPSA) is 99.2 Å². The van der Waals surface area contributed by atoms with Crippen molar-refractivity contribution in [3.63, 3.8) is 0 Å². The number of nitrogens with one attached hydrogen (secondary N) is 1. The Morgan fingerprint density at radius 1 is 1.63 bits per heavy atom. The first kappa shape index (κ1) is 14.4. The maximum absolute atomic E-state index is 12.1. The van der Waals surface area contributed by atoms with Gasteiger partial charge < -0.3 is 10.5 Å². The van der Waals surface area contributed by atoms with Crippen molar-refractivity contribution in [3.05, 3.63) is 12.4 Å². The van der Waals surface area contributed by atoms with Gasteiger partial charge in [-0.25, -0.2) is 13.1 Å². The van der Waals surface area contributed by atoms with Gasteiger partial charge in [0, 0.05) is 31.8 Å². The number of nitrogens with zero attached hydrogens (tertiary/aromatic N) is 2. The summed E-state index contributed by atoms with van der Waals surface area (Å²) >= 11 is 0. The summed E-state index contributed by atoms with van der Waals surface area (Å²) in [5.41, 5.74) is 5.40. The number of sulfonamides is 1. The molecule has 8 heteroatoms. The summed E-state index contributed by atoms with van der Waals surface area (Å²) in [6.45, 7) is 3.98. The molecule has 19 heavy (non-hydrogen) atoms. The lowest BCUT2D eigenvalue weighted by atomic mass is 10.0. The molecule has 2 heterocycles. The van der Waals surface area contributed by atoms with E-state index >= 15 is 0 Å². The van der Waals surface area contributed by atoms with E-state index in [-0.39, 0.29) is 16.9 Å². The Kier molecular flexibility index (Phi) is 4.56. The summed E-state index contributed by atoms with van der Waals surface area (Å²) in [5, 5.41) is 3.96. The van der Waals surface area contributed by atoms with Gasteiger partial charge in [0.2, 0.25) is 10.0 Å². The number of hydrogen-bond donors (Lipinski definition) is 2. The zero-order valence-corrected chi connectivity index (χ0v) is 11.8. The van der Waals surface area contributed by atoms with Crippen molar-refractivity contribution < 1.29 is 13.2 Å². The van der Waals surface area contributed by atoms with Crippen LogP contribution in [0.2, 0.25) is 0 Å². The molecule has 1 aliphatic heterocycles. The molecular weight excluding hydrogens is 268 g/mol. The van der Waals surface area contributed by atoms with Crippen LogP contribution in [0.25, 0.3) is 0 Å². The van der Waals surface area contributed by atoms with Gasteiger partial charge in [-0.05, 0) is 13.3 Å². The van der Waals surface area contributed by atoms with Crippen molar-refractivity contribution in [2.24, 2.45) is 11.7 Å². The van der Waals surface area contributed by atoms with E-state index in [0.717, 1.165) is 6.42 Å². The van der Waals surface area contributed by atoms with Crippen molar-refractivity contribution in [2.75, 3.05) is 19.7 Å². The molecule has 7 nitrogen and oxygen atoms in total. The van der Waals surface area contributed by atoms with E-state index in [0.29, 0.717) is 26.2 Å². The minimum Gasteiger partial charge on any atom is -0.378 e. The summed E-state index contributed by atoms with van der Waals surface area (Å²) in [4.78, 5) is 0.174. The van der Waals surface area contributed by atoms with Gasteiger partial charge in [0.25, 0.3) is 0 Å². The highest BCUT2D eigenvalue weighted by atomic mass is 32.2.